The van der Waals surface area contributed by atoms with Crippen LogP contribution in [0, 0.1) is 0 Å². The molecule has 1 saturated carbocycles. The molecule has 1 aromatic heterocycles. The summed E-state index contributed by atoms with van der Waals surface area (Å²) in [6, 6.07) is 12.1. The van der Waals surface area contributed by atoms with E-state index in [1.165, 1.54) is 17.3 Å². The van der Waals surface area contributed by atoms with E-state index in [2.05, 4.69) is 15.4 Å². The molecule has 32 heavy (non-hydrogen) atoms. The highest BCUT2D eigenvalue weighted by molar-refractivity contribution is 6.22. The number of rotatable bonds is 5. The van der Waals surface area contributed by atoms with Crippen LogP contribution in [0.15, 0.2) is 55.1 Å². The largest absolute Gasteiger partial charge is 0.322 e. The number of benzene rings is 2. The van der Waals surface area contributed by atoms with Gasteiger partial charge in [0.15, 0.2) is 0 Å². The summed E-state index contributed by atoms with van der Waals surface area (Å²) in [5.74, 6) is -0.879. The van der Waals surface area contributed by atoms with Gasteiger partial charge in [0, 0.05) is 17.3 Å². The van der Waals surface area contributed by atoms with Crippen molar-refractivity contribution < 1.29 is 14.4 Å². The van der Waals surface area contributed by atoms with Crippen molar-refractivity contribution in [3.8, 4) is 0 Å². The summed E-state index contributed by atoms with van der Waals surface area (Å²) in [4.78, 5) is 44.2. The molecule has 1 fully saturated rings. The fraction of sp³-hybridized carbons (Fsp3) is 0.292. The molecule has 0 radical (unpaired) electrons. The van der Waals surface area contributed by atoms with Crippen LogP contribution in [0.1, 0.15) is 68.7 Å². The minimum absolute atomic E-state index is 0.0444. The molecule has 0 spiro atoms. The lowest BCUT2D eigenvalue weighted by atomic mass is 9.94. The van der Waals surface area contributed by atoms with Crippen LogP contribution in [0.25, 0.3) is 0 Å². The average molecular weight is 429 g/mol. The van der Waals surface area contributed by atoms with Gasteiger partial charge in [0.25, 0.3) is 17.7 Å². The molecule has 8 nitrogen and oxygen atoms in total. The van der Waals surface area contributed by atoms with E-state index >= 15 is 0 Å². The minimum atomic E-state index is -0.338. The number of nitrogens with zero attached hydrogens (tertiary/aromatic N) is 4. The van der Waals surface area contributed by atoms with Gasteiger partial charge in [0.05, 0.1) is 17.7 Å². The molecule has 5 rings (SSSR count). The quantitative estimate of drug-likeness (QED) is 0.626. The van der Waals surface area contributed by atoms with E-state index in [-0.39, 0.29) is 23.8 Å². The number of nitrogens with one attached hydrogen (secondary N) is 1. The van der Waals surface area contributed by atoms with E-state index in [4.69, 9.17) is 0 Å². The molecule has 162 valence electrons. The fourth-order valence-electron chi connectivity index (χ4n) is 4.54. The Balaban J connectivity index is 1.37. The molecule has 0 bridgehead atoms. The lowest BCUT2D eigenvalue weighted by Crippen LogP contribution is -2.40. The molecule has 1 aliphatic carbocycles. The molecule has 2 aromatic carbocycles. The molecule has 2 heterocycles. The maximum atomic E-state index is 13.0. The number of aromatic nitrogens is 3. The van der Waals surface area contributed by atoms with E-state index in [1.807, 2.05) is 24.3 Å². The van der Waals surface area contributed by atoms with Gasteiger partial charge in [-0.25, -0.2) is 9.67 Å². The third kappa shape index (κ3) is 3.68. The first-order valence-electron chi connectivity index (χ1n) is 10.9. The van der Waals surface area contributed by atoms with Crippen LogP contribution >= 0.6 is 0 Å². The first-order chi connectivity index (χ1) is 15.6. The number of amides is 3. The zero-order valence-corrected chi connectivity index (χ0v) is 17.5. The second kappa shape index (κ2) is 8.37. The molecular formula is C24H23N5O3. The topological polar surface area (TPSA) is 97.2 Å². The van der Waals surface area contributed by atoms with Crippen molar-refractivity contribution in [2.75, 3.05) is 5.32 Å². The maximum Gasteiger partial charge on any atom is 0.261 e. The van der Waals surface area contributed by atoms with Gasteiger partial charge in [0.1, 0.15) is 12.7 Å². The molecule has 3 amide bonds. The summed E-state index contributed by atoms with van der Waals surface area (Å²) in [6.45, 7) is 0.462. The van der Waals surface area contributed by atoms with E-state index in [0.29, 0.717) is 28.9 Å². The predicted molar refractivity (Wildman–Crippen MR) is 117 cm³/mol. The van der Waals surface area contributed by atoms with Gasteiger partial charge >= 0.3 is 0 Å². The Labute approximate surface area is 185 Å². The Hall–Kier alpha value is -3.81. The number of carbonyl (C=O) groups excluding carboxylic acids is 3. The molecule has 2 aliphatic rings. The number of imide groups is 1. The van der Waals surface area contributed by atoms with Gasteiger partial charge in [0.2, 0.25) is 0 Å². The number of hydrogen-bond acceptors (Lipinski definition) is 5. The lowest BCUT2D eigenvalue weighted by Gasteiger charge is -2.29. The minimum Gasteiger partial charge on any atom is -0.322 e. The number of anilines is 1. The highest BCUT2D eigenvalue weighted by atomic mass is 16.2. The Morgan fingerprint density at radius 3 is 2.56 bits per heavy atom. The van der Waals surface area contributed by atoms with Crippen molar-refractivity contribution in [2.24, 2.45) is 0 Å². The zero-order valence-electron chi connectivity index (χ0n) is 17.5. The Morgan fingerprint density at radius 1 is 1.00 bits per heavy atom. The summed E-state index contributed by atoms with van der Waals surface area (Å²) in [7, 11) is 0. The Morgan fingerprint density at radius 2 is 1.78 bits per heavy atom. The SMILES string of the molecule is O=C(Nc1ccccc1Cn1cncn1)c1ccc2c(c1)C(=O)N(C1CCCCC1)C2=O. The van der Waals surface area contributed by atoms with Gasteiger partial charge in [-0.2, -0.15) is 5.10 Å². The van der Waals surface area contributed by atoms with Crippen LogP contribution in [0.2, 0.25) is 0 Å². The molecule has 3 aromatic rings. The van der Waals surface area contributed by atoms with Crippen molar-refractivity contribution in [3.05, 3.63) is 77.4 Å². The highest BCUT2D eigenvalue weighted by Gasteiger charge is 2.40. The van der Waals surface area contributed by atoms with Gasteiger partial charge in [-0.05, 0) is 42.7 Å². The summed E-state index contributed by atoms with van der Waals surface area (Å²) in [5, 5.41) is 7.03. The first-order valence-corrected chi connectivity index (χ1v) is 10.9. The summed E-state index contributed by atoms with van der Waals surface area (Å²) in [5.41, 5.74) is 2.56. The number of carbonyl (C=O) groups is 3. The summed E-state index contributed by atoms with van der Waals surface area (Å²) < 4.78 is 1.67. The van der Waals surface area contributed by atoms with E-state index in [1.54, 1.807) is 23.1 Å². The predicted octanol–water partition coefficient (Wildman–Crippen LogP) is 3.51. The highest BCUT2D eigenvalue weighted by Crippen LogP contribution is 2.31. The summed E-state index contributed by atoms with van der Waals surface area (Å²) >= 11 is 0. The van der Waals surface area contributed by atoms with Crippen molar-refractivity contribution in [1.29, 1.82) is 0 Å². The number of para-hydroxylation sites is 1. The van der Waals surface area contributed by atoms with Gasteiger partial charge in [-0.3, -0.25) is 19.3 Å². The van der Waals surface area contributed by atoms with Crippen molar-refractivity contribution in [1.82, 2.24) is 19.7 Å². The van der Waals surface area contributed by atoms with Crippen molar-refractivity contribution in [3.63, 3.8) is 0 Å². The Kier molecular flexibility index (Phi) is 5.26. The third-order valence-electron chi connectivity index (χ3n) is 6.18. The van der Waals surface area contributed by atoms with Crippen LogP contribution in [0.3, 0.4) is 0 Å². The average Bonchev–Trinajstić information content (AvgIpc) is 3.42. The first kappa shape index (κ1) is 20.1. The Bertz CT molecular complexity index is 1180. The molecular weight excluding hydrogens is 406 g/mol. The van der Waals surface area contributed by atoms with Crippen LogP contribution in [0.4, 0.5) is 5.69 Å². The number of fused-ring (bicyclic) bond motifs is 1. The molecule has 0 atom stereocenters. The zero-order chi connectivity index (χ0) is 22.1. The molecule has 0 unspecified atom stereocenters. The lowest BCUT2D eigenvalue weighted by molar-refractivity contribution is 0.0549. The van der Waals surface area contributed by atoms with Gasteiger partial charge in [-0.1, -0.05) is 37.5 Å². The van der Waals surface area contributed by atoms with Gasteiger partial charge in [-0.15, -0.1) is 0 Å². The second-order valence-electron chi connectivity index (χ2n) is 8.24. The smallest absolute Gasteiger partial charge is 0.261 e. The number of hydrogen-bond donors (Lipinski definition) is 1. The monoisotopic (exact) mass is 429 g/mol. The molecule has 0 saturated heterocycles. The van der Waals surface area contributed by atoms with E-state index < -0.39 is 0 Å². The molecule has 1 aliphatic heterocycles. The van der Waals surface area contributed by atoms with Crippen LogP contribution in [-0.2, 0) is 6.54 Å². The van der Waals surface area contributed by atoms with Crippen molar-refractivity contribution in [2.45, 2.75) is 44.7 Å². The third-order valence-corrected chi connectivity index (χ3v) is 6.18. The standard InChI is InChI=1S/C24H23N5O3/c30-22(27-21-9-5-4-6-17(21)13-28-15-25-14-26-28)16-10-11-19-20(12-16)24(32)29(23(19)31)18-7-2-1-3-8-18/h4-6,9-12,14-15,18H,1-3,7-8,13H2,(H,27,30). The van der Waals surface area contributed by atoms with Crippen LogP contribution in [-0.4, -0.2) is 43.4 Å². The van der Waals surface area contributed by atoms with Crippen molar-refractivity contribution >= 4 is 23.4 Å². The molecule has 1 N–H and O–H groups in total. The fourth-order valence-corrected chi connectivity index (χ4v) is 4.54. The van der Waals surface area contributed by atoms with E-state index in [9.17, 15) is 14.4 Å². The summed E-state index contributed by atoms with van der Waals surface area (Å²) in [6.07, 6.45) is 7.96. The maximum absolute atomic E-state index is 13.0. The van der Waals surface area contributed by atoms with Gasteiger partial charge < -0.3 is 5.32 Å². The molecule has 8 heteroatoms. The second-order valence-corrected chi connectivity index (χ2v) is 8.24. The van der Waals surface area contributed by atoms with Crippen LogP contribution < -0.4 is 5.32 Å². The van der Waals surface area contributed by atoms with Crippen LogP contribution in [0.5, 0.6) is 0 Å². The van der Waals surface area contributed by atoms with E-state index in [0.717, 1.165) is 37.7 Å². The normalized spacial score (nSPS) is 16.3.